The number of nitrogens with zero attached hydrogens (tertiary/aromatic N) is 6. The van der Waals surface area contributed by atoms with E-state index in [4.69, 9.17) is 9.47 Å². The average molecular weight is 401 g/mol. The van der Waals surface area contributed by atoms with Crippen LogP contribution in [0, 0.1) is 0 Å². The van der Waals surface area contributed by atoms with Gasteiger partial charge in [-0.1, -0.05) is 6.07 Å². The van der Waals surface area contributed by atoms with Gasteiger partial charge in [0.15, 0.2) is 11.5 Å². The fourth-order valence-corrected chi connectivity index (χ4v) is 3.63. The number of rotatable bonds is 8. The van der Waals surface area contributed by atoms with Gasteiger partial charge in [0.1, 0.15) is 12.7 Å². The number of aromatic nitrogens is 5. The number of ether oxygens (including phenoxy) is 2. The molecule has 1 aliphatic heterocycles. The summed E-state index contributed by atoms with van der Waals surface area (Å²) in [6.45, 7) is 6.36. The summed E-state index contributed by atoms with van der Waals surface area (Å²) in [5, 5.41) is 8.43. The Hall–Kier alpha value is -2.72. The van der Waals surface area contributed by atoms with Gasteiger partial charge in [0.2, 0.25) is 11.9 Å². The summed E-state index contributed by atoms with van der Waals surface area (Å²) in [6, 6.07) is 6.05. The Morgan fingerprint density at radius 3 is 2.96 bits per heavy atom. The molecule has 3 aromatic rings. The normalized spacial score (nSPS) is 13.1. The molecule has 0 saturated carbocycles. The first-order valence-electron chi connectivity index (χ1n) is 9.05. The lowest BCUT2D eigenvalue weighted by Gasteiger charge is -2.35. The predicted octanol–water partition coefficient (Wildman–Crippen LogP) is 2.24. The number of nitrogens with one attached hydrogen (secondary N) is 1. The quantitative estimate of drug-likeness (QED) is 0.575. The number of hydrogen-bond acceptors (Lipinski definition) is 9. The van der Waals surface area contributed by atoms with E-state index in [1.807, 2.05) is 19.2 Å². The van der Waals surface area contributed by atoms with E-state index in [2.05, 4.69) is 49.6 Å². The van der Waals surface area contributed by atoms with Crippen molar-refractivity contribution in [2.75, 3.05) is 25.3 Å². The molecule has 148 valence electrons. The zero-order valence-electron chi connectivity index (χ0n) is 16.1. The second kappa shape index (κ2) is 7.72. The van der Waals surface area contributed by atoms with Crippen LogP contribution in [-0.4, -0.2) is 50.0 Å². The van der Waals surface area contributed by atoms with Crippen molar-refractivity contribution in [2.45, 2.75) is 32.4 Å². The first kappa shape index (κ1) is 18.6. The molecule has 0 bridgehead atoms. The molecule has 1 aromatic carbocycles. The highest BCUT2D eigenvalue weighted by molar-refractivity contribution is 7.09. The molecule has 0 saturated heterocycles. The van der Waals surface area contributed by atoms with Crippen LogP contribution in [0.3, 0.4) is 0 Å². The largest absolute Gasteiger partial charge is 0.454 e. The predicted molar refractivity (Wildman–Crippen MR) is 106 cm³/mol. The van der Waals surface area contributed by atoms with Gasteiger partial charge in [0.05, 0.1) is 0 Å². The number of benzene rings is 1. The smallest absolute Gasteiger partial charge is 0.265 e. The molecule has 2 aromatic heterocycles. The molecule has 4 rings (SSSR count). The molecule has 0 radical (unpaired) electrons. The SMILES string of the molecule is CN(c1nc(-n2cncn2)ns1)C(C)(C)CCNCc1ccc2c(c1)OCO2. The monoisotopic (exact) mass is 401 g/mol. The molecule has 0 aliphatic carbocycles. The van der Waals surface area contributed by atoms with Crippen molar-refractivity contribution in [1.29, 1.82) is 0 Å². The van der Waals surface area contributed by atoms with Crippen molar-refractivity contribution >= 4 is 16.7 Å². The minimum absolute atomic E-state index is 0.0823. The summed E-state index contributed by atoms with van der Waals surface area (Å²) in [6.07, 6.45) is 4.02. The average Bonchev–Trinajstić information content (AvgIpc) is 3.44. The summed E-state index contributed by atoms with van der Waals surface area (Å²) in [5.41, 5.74) is 1.10. The van der Waals surface area contributed by atoms with E-state index in [1.54, 1.807) is 11.0 Å². The van der Waals surface area contributed by atoms with Crippen molar-refractivity contribution in [3.8, 4) is 17.4 Å². The highest BCUT2D eigenvalue weighted by Gasteiger charge is 2.26. The third-order valence-corrected chi connectivity index (χ3v) is 5.69. The van der Waals surface area contributed by atoms with Gasteiger partial charge in [0.25, 0.3) is 5.95 Å². The topological polar surface area (TPSA) is 90.2 Å². The molecule has 9 nitrogen and oxygen atoms in total. The standard InChI is InChI=1S/C18H23N7O2S/c1-18(2,24(3)17-22-16(23-28-17)25-11-20-10-21-25)6-7-19-9-13-4-5-14-15(8-13)27-12-26-14/h4-5,8,10-11,19H,6-7,9,12H2,1-3H3. The van der Waals surface area contributed by atoms with Crippen molar-refractivity contribution in [3.05, 3.63) is 36.4 Å². The Bertz CT molecular complexity index is 926. The minimum Gasteiger partial charge on any atom is -0.454 e. The van der Waals surface area contributed by atoms with E-state index >= 15 is 0 Å². The van der Waals surface area contributed by atoms with E-state index < -0.39 is 0 Å². The summed E-state index contributed by atoms with van der Waals surface area (Å²) < 4.78 is 16.7. The van der Waals surface area contributed by atoms with E-state index in [1.165, 1.54) is 23.4 Å². The van der Waals surface area contributed by atoms with Gasteiger partial charge in [-0.05, 0) is 44.5 Å². The van der Waals surface area contributed by atoms with Gasteiger partial charge in [-0.3, -0.25) is 0 Å². The van der Waals surface area contributed by atoms with Crippen LogP contribution < -0.4 is 19.7 Å². The van der Waals surface area contributed by atoms with Crippen molar-refractivity contribution in [2.24, 2.45) is 0 Å². The Balaban J connectivity index is 1.30. The van der Waals surface area contributed by atoms with E-state index in [0.717, 1.165) is 36.1 Å². The van der Waals surface area contributed by atoms with Crippen LogP contribution >= 0.6 is 11.5 Å². The molecule has 1 N–H and O–H groups in total. The maximum Gasteiger partial charge on any atom is 0.265 e. The third-order valence-electron chi connectivity index (χ3n) is 4.90. The van der Waals surface area contributed by atoms with Crippen LogP contribution in [0.25, 0.3) is 5.95 Å². The van der Waals surface area contributed by atoms with E-state index in [0.29, 0.717) is 12.7 Å². The fourth-order valence-electron chi connectivity index (χ4n) is 2.85. The second-order valence-corrected chi connectivity index (χ2v) is 7.93. The molecule has 0 spiro atoms. The van der Waals surface area contributed by atoms with Gasteiger partial charge >= 0.3 is 0 Å². The summed E-state index contributed by atoms with van der Waals surface area (Å²) in [4.78, 5) is 10.7. The molecule has 1 aliphatic rings. The summed E-state index contributed by atoms with van der Waals surface area (Å²) >= 11 is 1.36. The molecule has 0 unspecified atom stereocenters. The van der Waals surface area contributed by atoms with E-state index in [9.17, 15) is 0 Å². The van der Waals surface area contributed by atoms with Crippen molar-refractivity contribution in [1.82, 2.24) is 29.4 Å². The number of hydrogen-bond donors (Lipinski definition) is 1. The first-order valence-corrected chi connectivity index (χ1v) is 9.82. The Labute approximate surface area is 167 Å². The lowest BCUT2D eigenvalue weighted by molar-refractivity contribution is 0.174. The Morgan fingerprint density at radius 1 is 1.29 bits per heavy atom. The van der Waals surface area contributed by atoms with Crippen LogP contribution in [0.5, 0.6) is 11.5 Å². The minimum atomic E-state index is -0.0823. The van der Waals surface area contributed by atoms with Crippen LogP contribution in [0.2, 0.25) is 0 Å². The van der Waals surface area contributed by atoms with Gasteiger partial charge in [-0.2, -0.15) is 14.8 Å². The number of anilines is 1. The van der Waals surface area contributed by atoms with Gasteiger partial charge in [-0.15, -0.1) is 4.37 Å². The molecular weight excluding hydrogens is 378 g/mol. The molecule has 0 atom stereocenters. The van der Waals surface area contributed by atoms with Crippen molar-refractivity contribution in [3.63, 3.8) is 0 Å². The van der Waals surface area contributed by atoms with E-state index in [-0.39, 0.29) is 5.54 Å². The Morgan fingerprint density at radius 2 is 2.14 bits per heavy atom. The maximum atomic E-state index is 5.43. The van der Waals surface area contributed by atoms with Gasteiger partial charge in [0, 0.05) is 30.7 Å². The lowest BCUT2D eigenvalue weighted by atomic mass is 9.99. The molecule has 28 heavy (non-hydrogen) atoms. The molecule has 0 amide bonds. The van der Waals surface area contributed by atoms with Crippen LogP contribution in [0.1, 0.15) is 25.8 Å². The van der Waals surface area contributed by atoms with Crippen LogP contribution in [-0.2, 0) is 6.54 Å². The highest BCUT2D eigenvalue weighted by Crippen LogP contribution is 2.32. The first-order chi connectivity index (χ1) is 13.5. The zero-order valence-corrected chi connectivity index (χ0v) is 16.9. The lowest BCUT2D eigenvalue weighted by Crippen LogP contribution is -2.43. The number of fused-ring (bicyclic) bond motifs is 1. The molecule has 10 heteroatoms. The highest BCUT2D eigenvalue weighted by atomic mass is 32.1. The van der Waals surface area contributed by atoms with Crippen molar-refractivity contribution < 1.29 is 9.47 Å². The molecule has 3 heterocycles. The third kappa shape index (κ3) is 3.92. The van der Waals surface area contributed by atoms with Gasteiger partial charge in [-0.25, -0.2) is 4.98 Å². The Kier molecular flexibility index (Phi) is 5.14. The molecule has 0 fully saturated rings. The van der Waals surface area contributed by atoms with Crippen LogP contribution in [0.15, 0.2) is 30.9 Å². The fraction of sp³-hybridized carbons (Fsp3) is 0.444. The van der Waals surface area contributed by atoms with Gasteiger partial charge < -0.3 is 19.7 Å². The summed E-state index contributed by atoms with van der Waals surface area (Å²) in [5.74, 6) is 2.17. The second-order valence-electron chi connectivity index (χ2n) is 7.20. The molecular formula is C18H23N7O2S. The van der Waals surface area contributed by atoms with Crippen LogP contribution in [0.4, 0.5) is 5.13 Å². The maximum absolute atomic E-state index is 5.43. The zero-order chi connectivity index (χ0) is 19.6. The summed E-state index contributed by atoms with van der Waals surface area (Å²) in [7, 11) is 2.05.